The van der Waals surface area contributed by atoms with Gasteiger partial charge in [0.25, 0.3) is 5.56 Å². The zero-order valence-corrected chi connectivity index (χ0v) is 7.03. The summed E-state index contributed by atoms with van der Waals surface area (Å²) in [7, 11) is 0. The monoisotopic (exact) mass is 176 g/mol. The van der Waals surface area contributed by atoms with Crippen LogP contribution in [0.4, 0.5) is 0 Å². The Labute approximate surface area is 73.9 Å². The summed E-state index contributed by atoms with van der Waals surface area (Å²) in [5, 5.41) is 9.40. The number of para-hydroxylation sites is 1. The number of nitrogens with zero attached hydrogens (tertiary/aromatic N) is 1. The van der Waals surface area contributed by atoms with Crippen molar-refractivity contribution >= 4 is 11.0 Å². The summed E-state index contributed by atoms with van der Waals surface area (Å²) in [6.07, 6.45) is 0. The maximum atomic E-state index is 11.1. The Morgan fingerprint density at radius 3 is 3.00 bits per heavy atom. The molecule has 0 aliphatic carbocycles. The Kier molecular flexibility index (Phi) is 1.55. The van der Waals surface area contributed by atoms with Crippen molar-refractivity contribution in [1.82, 2.24) is 9.97 Å². The lowest BCUT2D eigenvalue weighted by atomic mass is 10.3. The van der Waals surface area contributed by atoms with Crippen LogP contribution in [0, 0.1) is 6.92 Å². The molecule has 0 unspecified atom stereocenters. The lowest BCUT2D eigenvalue weighted by molar-refractivity contribution is 0.480. The molecular weight excluding hydrogens is 168 g/mol. The third kappa shape index (κ3) is 1.16. The van der Waals surface area contributed by atoms with E-state index in [4.69, 9.17) is 0 Å². The first-order valence-electron chi connectivity index (χ1n) is 3.87. The van der Waals surface area contributed by atoms with Crippen LogP contribution in [0.25, 0.3) is 11.0 Å². The van der Waals surface area contributed by atoms with E-state index in [1.54, 1.807) is 19.1 Å². The number of nitrogens with one attached hydrogen (secondary N) is 1. The summed E-state index contributed by atoms with van der Waals surface area (Å²) in [6.45, 7) is 1.60. The van der Waals surface area contributed by atoms with Gasteiger partial charge in [-0.25, -0.2) is 4.98 Å². The van der Waals surface area contributed by atoms with Crippen LogP contribution in [0.5, 0.6) is 5.75 Å². The van der Waals surface area contributed by atoms with Crippen LogP contribution in [-0.2, 0) is 0 Å². The molecule has 0 fully saturated rings. The number of aromatic nitrogens is 2. The Hall–Kier alpha value is -1.84. The van der Waals surface area contributed by atoms with Crippen LogP contribution in [-0.4, -0.2) is 15.1 Å². The standard InChI is InChI=1S/C9H8N2O2/c1-5-9(13)11-6-3-2-4-7(12)8(6)10-5/h2-4,12H,1H3,(H,11,13). The van der Waals surface area contributed by atoms with E-state index in [1.807, 2.05) is 0 Å². The van der Waals surface area contributed by atoms with Gasteiger partial charge in [-0.15, -0.1) is 0 Å². The predicted octanol–water partition coefficient (Wildman–Crippen LogP) is 0.937. The van der Waals surface area contributed by atoms with Gasteiger partial charge < -0.3 is 10.1 Å². The van der Waals surface area contributed by atoms with Crippen molar-refractivity contribution in [2.45, 2.75) is 6.92 Å². The number of hydrogen-bond acceptors (Lipinski definition) is 3. The van der Waals surface area contributed by atoms with Crippen molar-refractivity contribution in [3.05, 3.63) is 34.2 Å². The van der Waals surface area contributed by atoms with Crippen molar-refractivity contribution in [3.8, 4) is 5.75 Å². The third-order valence-corrected chi connectivity index (χ3v) is 1.87. The van der Waals surface area contributed by atoms with Crippen molar-refractivity contribution in [3.63, 3.8) is 0 Å². The van der Waals surface area contributed by atoms with Gasteiger partial charge in [0.1, 0.15) is 17.0 Å². The number of fused-ring (bicyclic) bond motifs is 1. The molecule has 0 bridgehead atoms. The van der Waals surface area contributed by atoms with E-state index in [9.17, 15) is 9.90 Å². The smallest absolute Gasteiger partial charge is 0.269 e. The van der Waals surface area contributed by atoms with Crippen molar-refractivity contribution in [2.75, 3.05) is 0 Å². The molecule has 0 saturated heterocycles. The number of aryl methyl sites for hydroxylation is 1. The molecule has 0 aliphatic heterocycles. The van der Waals surface area contributed by atoms with Crippen molar-refractivity contribution < 1.29 is 5.11 Å². The molecule has 4 heteroatoms. The topological polar surface area (TPSA) is 66.0 Å². The molecule has 2 N–H and O–H groups in total. The molecule has 66 valence electrons. The number of hydrogen-bond donors (Lipinski definition) is 2. The fourth-order valence-corrected chi connectivity index (χ4v) is 1.18. The summed E-state index contributed by atoms with van der Waals surface area (Å²) in [4.78, 5) is 17.7. The molecule has 1 aromatic heterocycles. The molecule has 2 aromatic rings. The van der Waals surface area contributed by atoms with Crippen molar-refractivity contribution in [1.29, 1.82) is 0 Å². The molecular formula is C9H8N2O2. The predicted molar refractivity (Wildman–Crippen MR) is 48.8 cm³/mol. The Morgan fingerprint density at radius 2 is 2.23 bits per heavy atom. The van der Waals surface area contributed by atoms with E-state index in [-0.39, 0.29) is 11.3 Å². The summed E-state index contributed by atoms with van der Waals surface area (Å²) >= 11 is 0. The zero-order valence-electron chi connectivity index (χ0n) is 7.03. The van der Waals surface area contributed by atoms with Gasteiger partial charge >= 0.3 is 0 Å². The highest BCUT2D eigenvalue weighted by molar-refractivity contribution is 5.80. The van der Waals surface area contributed by atoms with Crippen LogP contribution in [0.2, 0.25) is 0 Å². The molecule has 1 heterocycles. The van der Waals surface area contributed by atoms with Crippen LogP contribution in [0.3, 0.4) is 0 Å². The minimum absolute atomic E-state index is 0.0804. The van der Waals surface area contributed by atoms with Gasteiger partial charge in [-0.1, -0.05) is 6.07 Å². The van der Waals surface area contributed by atoms with E-state index >= 15 is 0 Å². The second kappa shape index (κ2) is 2.58. The number of rotatable bonds is 0. The first kappa shape index (κ1) is 7.79. The Morgan fingerprint density at radius 1 is 1.46 bits per heavy atom. The maximum absolute atomic E-state index is 11.1. The third-order valence-electron chi connectivity index (χ3n) is 1.87. The highest BCUT2D eigenvalue weighted by Gasteiger charge is 2.03. The maximum Gasteiger partial charge on any atom is 0.269 e. The minimum Gasteiger partial charge on any atom is -0.506 e. The van der Waals surface area contributed by atoms with E-state index in [0.29, 0.717) is 16.7 Å². The largest absolute Gasteiger partial charge is 0.506 e. The summed E-state index contributed by atoms with van der Waals surface area (Å²) in [5.74, 6) is 0.0804. The number of benzene rings is 1. The highest BCUT2D eigenvalue weighted by Crippen LogP contribution is 2.18. The van der Waals surface area contributed by atoms with Gasteiger partial charge in [-0.2, -0.15) is 0 Å². The number of aromatic hydroxyl groups is 1. The number of phenolic OH excluding ortho intramolecular Hbond substituents is 1. The minimum atomic E-state index is -0.224. The molecule has 0 saturated carbocycles. The Balaban J connectivity index is 2.97. The average molecular weight is 176 g/mol. The molecule has 13 heavy (non-hydrogen) atoms. The van der Waals surface area contributed by atoms with E-state index in [1.165, 1.54) is 6.07 Å². The molecule has 2 rings (SSSR count). The quantitative estimate of drug-likeness (QED) is 0.627. The Bertz CT molecular complexity index is 516. The highest BCUT2D eigenvalue weighted by atomic mass is 16.3. The fraction of sp³-hybridized carbons (Fsp3) is 0.111. The number of phenols is 1. The van der Waals surface area contributed by atoms with E-state index < -0.39 is 0 Å². The van der Waals surface area contributed by atoms with Gasteiger partial charge in [-0.3, -0.25) is 4.79 Å². The molecule has 0 spiro atoms. The summed E-state index contributed by atoms with van der Waals surface area (Å²) in [6, 6.07) is 4.89. The fourth-order valence-electron chi connectivity index (χ4n) is 1.18. The lowest BCUT2D eigenvalue weighted by Gasteiger charge is -1.99. The van der Waals surface area contributed by atoms with E-state index in [0.717, 1.165) is 0 Å². The average Bonchev–Trinajstić information content (AvgIpc) is 2.09. The van der Waals surface area contributed by atoms with Crippen LogP contribution < -0.4 is 5.56 Å². The molecule has 4 nitrogen and oxygen atoms in total. The van der Waals surface area contributed by atoms with Gasteiger partial charge in [0.2, 0.25) is 0 Å². The van der Waals surface area contributed by atoms with Crippen LogP contribution >= 0.6 is 0 Å². The molecule has 0 atom stereocenters. The van der Waals surface area contributed by atoms with Crippen LogP contribution in [0.15, 0.2) is 23.0 Å². The first-order chi connectivity index (χ1) is 6.18. The second-order valence-corrected chi connectivity index (χ2v) is 2.82. The molecule has 0 radical (unpaired) electrons. The molecule has 0 aliphatic rings. The van der Waals surface area contributed by atoms with E-state index in [2.05, 4.69) is 9.97 Å². The zero-order chi connectivity index (χ0) is 9.42. The van der Waals surface area contributed by atoms with Gasteiger partial charge in [0, 0.05) is 0 Å². The number of aromatic amines is 1. The van der Waals surface area contributed by atoms with Gasteiger partial charge in [-0.05, 0) is 19.1 Å². The first-order valence-corrected chi connectivity index (χ1v) is 3.87. The molecule has 1 aromatic carbocycles. The normalized spacial score (nSPS) is 10.5. The van der Waals surface area contributed by atoms with Gasteiger partial charge in [0.15, 0.2) is 0 Å². The summed E-state index contributed by atoms with van der Waals surface area (Å²) in [5.41, 5.74) is 1.11. The SMILES string of the molecule is Cc1nc2c(O)cccc2[nH]c1=O. The van der Waals surface area contributed by atoms with Crippen molar-refractivity contribution in [2.24, 2.45) is 0 Å². The molecule has 0 amide bonds. The second-order valence-electron chi connectivity index (χ2n) is 2.82. The summed E-state index contributed by atoms with van der Waals surface area (Å²) < 4.78 is 0. The number of H-pyrrole nitrogens is 1. The van der Waals surface area contributed by atoms with Gasteiger partial charge in [0.05, 0.1) is 5.52 Å². The lowest BCUT2D eigenvalue weighted by Crippen LogP contribution is -2.11. The van der Waals surface area contributed by atoms with Crippen LogP contribution in [0.1, 0.15) is 5.69 Å².